The van der Waals surface area contributed by atoms with Gasteiger partial charge in [-0.1, -0.05) is 0 Å². The first kappa shape index (κ1) is 13.9. The van der Waals surface area contributed by atoms with Crippen LogP contribution in [0.1, 0.15) is 18.1 Å². The minimum Gasteiger partial charge on any atom is -0.394 e. The molecule has 1 saturated heterocycles. The van der Waals surface area contributed by atoms with Crippen molar-refractivity contribution >= 4 is 0 Å². The maximum atomic E-state index is 13.8. The van der Waals surface area contributed by atoms with Gasteiger partial charge in [0.05, 0.1) is 31.0 Å². The van der Waals surface area contributed by atoms with Crippen molar-refractivity contribution < 1.29 is 14.2 Å². The van der Waals surface area contributed by atoms with Crippen LogP contribution in [0.15, 0.2) is 18.2 Å². The summed E-state index contributed by atoms with van der Waals surface area (Å²) in [5.41, 5.74) is 0.959. The largest absolute Gasteiger partial charge is 0.394 e. The van der Waals surface area contributed by atoms with Crippen molar-refractivity contribution in [2.45, 2.75) is 25.6 Å². The summed E-state index contributed by atoms with van der Waals surface area (Å²) in [5.74, 6) is -0.307. The van der Waals surface area contributed by atoms with E-state index in [4.69, 9.17) is 15.1 Å². The first-order chi connectivity index (χ1) is 9.13. The van der Waals surface area contributed by atoms with E-state index in [-0.39, 0.29) is 24.6 Å². The van der Waals surface area contributed by atoms with Crippen molar-refractivity contribution in [3.05, 3.63) is 35.1 Å². The average molecular weight is 264 g/mol. The van der Waals surface area contributed by atoms with Gasteiger partial charge in [0.2, 0.25) is 0 Å². The topological polar surface area (TPSA) is 56.5 Å². The highest BCUT2D eigenvalue weighted by Gasteiger charge is 2.26. The first-order valence-electron chi connectivity index (χ1n) is 6.29. The van der Waals surface area contributed by atoms with Crippen molar-refractivity contribution in [3.8, 4) is 6.07 Å². The first-order valence-corrected chi connectivity index (χ1v) is 6.29. The molecule has 1 fully saturated rings. The van der Waals surface area contributed by atoms with Crippen LogP contribution in [0.5, 0.6) is 0 Å². The molecular weight excluding hydrogens is 247 g/mol. The molecule has 1 aliphatic heterocycles. The molecule has 0 aromatic heterocycles. The van der Waals surface area contributed by atoms with Gasteiger partial charge in [-0.2, -0.15) is 5.26 Å². The van der Waals surface area contributed by atoms with E-state index < -0.39 is 0 Å². The Labute approximate surface area is 112 Å². The molecule has 102 valence electrons. The second-order valence-electron chi connectivity index (χ2n) is 4.83. The Hall–Kier alpha value is -1.48. The van der Waals surface area contributed by atoms with Gasteiger partial charge in [0, 0.05) is 24.7 Å². The summed E-state index contributed by atoms with van der Waals surface area (Å²) in [6.07, 6.45) is -0.224. The molecule has 1 N–H and O–H groups in total. The summed E-state index contributed by atoms with van der Waals surface area (Å²) in [4.78, 5) is 2.06. The van der Waals surface area contributed by atoms with Gasteiger partial charge in [0.25, 0.3) is 0 Å². The molecule has 0 bridgehead atoms. The minimum atomic E-state index is -0.307. The van der Waals surface area contributed by atoms with Gasteiger partial charge in [0.1, 0.15) is 5.82 Å². The van der Waals surface area contributed by atoms with Crippen molar-refractivity contribution in [2.75, 3.05) is 19.8 Å². The monoisotopic (exact) mass is 264 g/mol. The second kappa shape index (κ2) is 6.11. The molecule has 1 aromatic rings. The number of benzene rings is 1. The Kier molecular flexibility index (Phi) is 4.48. The lowest BCUT2D eigenvalue weighted by molar-refractivity contribution is -0.0807. The Morgan fingerprint density at radius 2 is 2.37 bits per heavy atom. The van der Waals surface area contributed by atoms with Gasteiger partial charge in [-0.25, -0.2) is 4.39 Å². The number of nitriles is 1. The van der Waals surface area contributed by atoms with Crippen LogP contribution in [-0.4, -0.2) is 41.9 Å². The maximum Gasteiger partial charge on any atom is 0.127 e. The van der Waals surface area contributed by atoms with E-state index in [0.717, 1.165) is 0 Å². The molecule has 1 aliphatic rings. The molecule has 0 amide bonds. The van der Waals surface area contributed by atoms with E-state index in [1.54, 1.807) is 6.07 Å². The van der Waals surface area contributed by atoms with Crippen molar-refractivity contribution in [3.63, 3.8) is 0 Å². The minimum absolute atomic E-state index is 0.0378. The van der Waals surface area contributed by atoms with Crippen LogP contribution in [0.4, 0.5) is 4.39 Å². The quantitative estimate of drug-likeness (QED) is 0.893. The van der Waals surface area contributed by atoms with E-state index in [0.29, 0.717) is 30.8 Å². The standard InChI is InChI=1S/C14H17FN2O2/c1-10-9-19-13(8-18)7-17(10)6-12-4-11(5-16)2-3-14(12)15/h2-4,10,13,18H,6-9H2,1H3. The number of halogens is 1. The summed E-state index contributed by atoms with van der Waals surface area (Å²) < 4.78 is 19.2. The van der Waals surface area contributed by atoms with Gasteiger partial charge in [-0.05, 0) is 25.1 Å². The number of hydrogen-bond acceptors (Lipinski definition) is 4. The van der Waals surface area contributed by atoms with E-state index in [1.807, 2.05) is 13.0 Å². The van der Waals surface area contributed by atoms with Gasteiger partial charge >= 0.3 is 0 Å². The van der Waals surface area contributed by atoms with Gasteiger partial charge < -0.3 is 9.84 Å². The van der Waals surface area contributed by atoms with Crippen molar-refractivity contribution in [1.29, 1.82) is 5.26 Å². The smallest absolute Gasteiger partial charge is 0.127 e. The van der Waals surface area contributed by atoms with Crippen LogP contribution in [-0.2, 0) is 11.3 Å². The van der Waals surface area contributed by atoms with Crippen molar-refractivity contribution in [2.24, 2.45) is 0 Å². The highest BCUT2D eigenvalue weighted by atomic mass is 19.1. The summed E-state index contributed by atoms with van der Waals surface area (Å²) in [5, 5.41) is 18.0. The predicted molar refractivity (Wildman–Crippen MR) is 67.8 cm³/mol. The fourth-order valence-corrected chi connectivity index (χ4v) is 2.19. The molecule has 0 aliphatic carbocycles. The number of nitrogens with zero attached hydrogens (tertiary/aromatic N) is 2. The third kappa shape index (κ3) is 3.29. The van der Waals surface area contributed by atoms with Crippen LogP contribution in [0.3, 0.4) is 0 Å². The number of rotatable bonds is 3. The molecule has 2 atom stereocenters. The lowest BCUT2D eigenvalue weighted by Gasteiger charge is -2.37. The highest BCUT2D eigenvalue weighted by molar-refractivity contribution is 5.33. The summed E-state index contributed by atoms with van der Waals surface area (Å²) in [6.45, 7) is 3.46. The third-order valence-corrected chi connectivity index (χ3v) is 3.39. The van der Waals surface area contributed by atoms with Crippen LogP contribution >= 0.6 is 0 Å². The zero-order chi connectivity index (χ0) is 13.8. The maximum absolute atomic E-state index is 13.8. The molecule has 2 rings (SSSR count). The highest BCUT2D eigenvalue weighted by Crippen LogP contribution is 2.18. The summed E-state index contributed by atoms with van der Waals surface area (Å²) in [6, 6.07) is 6.54. The molecule has 1 heterocycles. The second-order valence-corrected chi connectivity index (χ2v) is 4.83. The SMILES string of the molecule is CC1COC(CO)CN1Cc1cc(C#N)ccc1F. The zero-order valence-corrected chi connectivity index (χ0v) is 10.8. The molecule has 0 saturated carbocycles. The molecule has 19 heavy (non-hydrogen) atoms. The van der Waals surface area contributed by atoms with E-state index in [9.17, 15) is 4.39 Å². The Balaban J connectivity index is 2.13. The average Bonchev–Trinajstić information content (AvgIpc) is 2.43. The van der Waals surface area contributed by atoms with Crippen LogP contribution in [0.25, 0.3) is 0 Å². The lowest BCUT2D eigenvalue weighted by Crippen LogP contribution is -2.48. The van der Waals surface area contributed by atoms with Crippen LogP contribution < -0.4 is 0 Å². The number of morpholine rings is 1. The normalized spacial score (nSPS) is 24.1. The summed E-state index contributed by atoms with van der Waals surface area (Å²) >= 11 is 0. The molecule has 1 aromatic carbocycles. The fraction of sp³-hybridized carbons (Fsp3) is 0.500. The van der Waals surface area contributed by atoms with Gasteiger partial charge in [0.15, 0.2) is 0 Å². The number of ether oxygens (including phenoxy) is 1. The molecular formula is C14H17FN2O2. The fourth-order valence-electron chi connectivity index (χ4n) is 2.19. The van der Waals surface area contributed by atoms with E-state index >= 15 is 0 Å². The summed E-state index contributed by atoms with van der Waals surface area (Å²) in [7, 11) is 0. The van der Waals surface area contributed by atoms with Crippen LogP contribution in [0, 0.1) is 17.1 Å². The number of aliphatic hydroxyl groups excluding tert-OH is 1. The predicted octanol–water partition coefficient (Wildman–Crippen LogP) is 1.28. The number of hydrogen-bond donors (Lipinski definition) is 1. The third-order valence-electron chi connectivity index (χ3n) is 3.39. The van der Waals surface area contributed by atoms with Crippen molar-refractivity contribution in [1.82, 2.24) is 4.90 Å². The Morgan fingerprint density at radius 1 is 1.58 bits per heavy atom. The molecule has 0 radical (unpaired) electrons. The molecule has 5 heteroatoms. The van der Waals surface area contributed by atoms with Gasteiger partial charge in [-0.3, -0.25) is 4.90 Å². The molecule has 2 unspecified atom stereocenters. The zero-order valence-electron chi connectivity index (χ0n) is 10.8. The van der Waals surface area contributed by atoms with Gasteiger partial charge in [-0.15, -0.1) is 0 Å². The molecule has 0 spiro atoms. The Morgan fingerprint density at radius 3 is 3.05 bits per heavy atom. The lowest BCUT2D eigenvalue weighted by atomic mass is 10.1. The molecule has 4 nitrogen and oxygen atoms in total. The van der Waals surface area contributed by atoms with Crippen LogP contribution in [0.2, 0.25) is 0 Å². The van der Waals surface area contributed by atoms with E-state index in [2.05, 4.69) is 4.90 Å². The number of aliphatic hydroxyl groups is 1. The Bertz CT molecular complexity index is 487. The van der Waals surface area contributed by atoms with E-state index in [1.165, 1.54) is 12.1 Å².